The van der Waals surface area contributed by atoms with Gasteiger partial charge in [0.25, 0.3) is 0 Å². The summed E-state index contributed by atoms with van der Waals surface area (Å²) in [6, 6.07) is 0. The summed E-state index contributed by atoms with van der Waals surface area (Å²) >= 11 is 0. The van der Waals surface area contributed by atoms with E-state index in [-0.39, 0.29) is 52.9 Å². The standard InChI is InChI=1S/C40H67N3O6/c1-23(2)32(49-35(45)41-8)26-17-24(3)31-33(47-26)34(44)38(7)28-10-9-27-36(4,5)29(11-12-39(27)22-40(28,39)14-13-37(31,38)6)48-30-21-43(15-16-46-30)20-25-18-42-19-25/h23-34,42,44H,9-22H2,1-8H3,(H,41,45)/t24-,26?,27+,28?,29+,30+,31+,32-,33?,34+,37-,38-,39-,40+/m1/s1. The molecule has 5 aliphatic carbocycles. The van der Waals surface area contributed by atoms with Crippen molar-refractivity contribution in [1.82, 2.24) is 15.5 Å². The minimum atomic E-state index is -0.522. The number of carbonyl (C=O) groups is 1. The fourth-order valence-electron chi connectivity index (χ4n) is 14.5. The molecule has 0 aromatic rings. The van der Waals surface area contributed by atoms with Gasteiger partial charge in [0.2, 0.25) is 0 Å². The number of nitrogens with zero attached hydrogens (tertiary/aromatic N) is 1. The van der Waals surface area contributed by atoms with Crippen molar-refractivity contribution in [3.05, 3.63) is 0 Å². The number of fused-ring (bicyclic) bond motifs is 4. The molecule has 8 fully saturated rings. The molecule has 3 unspecified atom stereocenters. The highest BCUT2D eigenvalue weighted by atomic mass is 16.7. The van der Waals surface area contributed by atoms with Gasteiger partial charge in [0.1, 0.15) is 6.10 Å². The van der Waals surface area contributed by atoms with E-state index in [0.717, 1.165) is 64.5 Å². The molecule has 278 valence electrons. The molecule has 5 saturated carbocycles. The van der Waals surface area contributed by atoms with Crippen LogP contribution in [0.15, 0.2) is 0 Å². The maximum Gasteiger partial charge on any atom is 0.407 e. The number of aliphatic hydroxyl groups excluding tert-OH is 1. The third-order valence-electron chi connectivity index (χ3n) is 17.1. The second-order valence-corrected chi connectivity index (χ2v) is 19.6. The SMILES string of the molecule is CNC(=O)O[C@H](C(C)C)C1C[C@@H](C)[C@H]2C(O1)[C@H](O)[C@@]1(C)C3CC[C@H]4C(C)(C)[C@@H](O[C@H]5CN(CC6CNC6)CCO5)CC[C@@]45C[C@@]35CC[C@]21C. The Bertz CT molecular complexity index is 1280. The lowest BCUT2D eigenvalue weighted by atomic mass is 9.41. The van der Waals surface area contributed by atoms with E-state index in [4.69, 9.17) is 18.9 Å². The Morgan fingerprint density at radius 1 is 1.06 bits per heavy atom. The number of carbonyl (C=O) groups excluding carboxylic acids is 1. The highest BCUT2D eigenvalue weighted by Gasteiger charge is 2.84. The van der Waals surface area contributed by atoms with E-state index in [1.54, 1.807) is 7.05 Å². The van der Waals surface area contributed by atoms with Gasteiger partial charge in [-0.25, -0.2) is 4.79 Å². The maximum atomic E-state index is 12.6. The fourth-order valence-corrected chi connectivity index (χ4v) is 14.5. The average molecular weight is 686 g/mol. The second kappa shape index (κ2) is 12.0. The van der Waals surface area contributed by atoms with Crippen LogP contribution in [0.3, 0.4) is 0 Å². The first-order chi connectivity index (χ1) is 23.2. The molecule has 9 heteroatoms. The second-order valence-electron chi connectivity index (χ2n) is 19.6. The number of ether oxygens (including phenoxy) is 4. The van der Waals surface area contributed by atoms with Crippen LogP contribution in [0.1, 0.15) is 99.8 Å². The van der Waals surface area contributed by atoms with Crippen LogP contribution in [-0.2, 0) is 18.9 Å². The molecule has 8 aliphatic rings. The van der Waals surface area contributed by atoms with Gasteiger partial charge in [-0.3, -0.25) is 4.90 Å². The Hall–Kier alpha value is -0.970. The van der Waals surface area contributed by atoms with Crippen molar-refractivity contribution in [2.24, 2.45) is 62.6 Å². The third kappa shape index (κ3) is 4.93. The number of amides is 1. The molecule has 3 aliphatic heterocycles. The highest BCUT2D eigenvalue weighted by molar-refractivity contribution is 5.66. The number of rotatable bonds is 7. The van der Waals surface area contributed by atoms with Gasteiger partial charge in [-0.1, -0.05) is 48.5 Å². The topological polar surface area (TPSA) is 102 Å². The summed E-state index contributed by atoms with van der Waals surface area (Å²) in [7, 11) is 1.61. The number of alkyl carbamates (subject to hydrolysis) is 1. The van der Waals surface area contributed by atoms with Gasteiger partial charge >= 0.3 is 6.09 Å². The summed E-state index contributed by atoms with van der Waals surface area (Å²) in [5.74, 6) is 2.71. The number of aliphatic hydroxyl groups is 1. The molecular formula is C40H67N3O6. The fraction of sp³-hybridized carbons (Fsp3) is 0.975. The zero-order valence-electron chi connectivity index (χ0n) is 31.8. The highest BCUT2D eigenvalue weighted by Crippen LogP contribution is 2.89. The van der Waals surface area contributed by atoms with Crippen LogP contribution < -0.4 is 10.6 Å². The smallest absolute Gasteiger partial charge is 0.407 e. The van der Waals surface area contributed by atoms with Crippen LogP contribution in [0.5, 0.6) is 0 Å². The lowest BCUT2D eigenvalue weighted by Gasteiger charge is -2.64. The van der Waals surface area contributed by atoms with Gasteiger partial charge < -0.3 is 34.7 Å². The van der Waals surface area contributed by atoms with Crippen LogP contribution in [-0.4, -0.2) is 99.3 Å². The Kier molecular flexibility index (Phi) is 8.61. The quantitative estimate of drug-likeness (QED) is 0.326. The summed E-state index contributed by atoms with van der Waals surface area (Å²) in [5, 5.41) is 18.7. The molecule has 49 heavy (non-hydrogen) atoms. The average Bonchev–Trinajstić information content (AvgIpc) is 3.67. The number of morpholine rings is 1. The van der Waals surface area contributed by atoms with E-state index in [1.165, 1.54) is 32.1 Å². The molecule has 1 amide bonds. The Labute approximate surface area is 295 Å². The van der Waals surface area contributed by atoms with Crippen LogP contribution >= 0.6 is 0 Å². The molecule has 8 rings (SSSR count). The van der Waals surface area contributed by atoms with Crippen molar-refractivity contribution in [2.75, 3.05) is 46.4 Å². The predicted molar refractivity (Wildman–Crippen MR) is 188 cm³/mol. The van der Waals surface area contributed by atoms with E-state index in [0.29, 0.717) is 34.5 Å². The van der Waals surface area contributed by atoms with E-state index in [1.807, 2.05) is 0 Å². The summed E-state index contributed by atoms with van der Waals surface area (Å²) in [6.45, 7) is 22.7. The van der Waals surface area contributed by atoms with Crippen molar-refractivity contribution in [3.8, 4) is 0 Å². The predicted octanol–water partition coefficient (Wildman–Crippen LogP) is 5.44. The molecule has 9 nitrogen and oxygen atoms in total. The molecule has 2 spiro atoms. The zero-order valence-corrected chi connectivity index (χ0v) is 31.8. The minimum Gasteiger partial charge on any atom is -0.443 e. The van der Waals surface area contributed by atoms with Crippen LogP contribution in [0.25, 0.3) is 0 Å². The minimum absolute atomic E-state index is 0.0125. The normalized spacial score (nSPS) is 50.9. The molecule has 0 radical (unpaired) electrons. The summed E-state index contributed by atoms with van der Waals surface area (Å²) in [5.41, 5.74) is 0.550. The van der Waals surface area contributed by atoms with Crippen LogP contribution in [0.4, 0.5) is 4.79 Å². The summed E-state index contributed by atoms with van der Waals surface area (Å²) < 4.78 is 26.1. The van der Waals surface area contributed by atoms with Gasteiger partial charge in [0.05, 0.1) is 31.0 Å². The Morgan fingerprint density at radius 2 is 1.80 bits per heavy atom. The third-order valence-corrected chi connectivity index (χ3v) is 17.1. The summed E-state index contributed by atoms with van der Waals surface area (Å²) in [4.78, 5) is 14.9. The van der Waals surface area contributed by atoms with E-state index < -0.39 is 12.2 Å². The Morgan fingerprint density at radius 3 is 2.49 bits per heavy atom. The molecular weight excluding hydrogens is 618 g/mol. The Balaban J connectivity index is 1.00. The van der Waals surface area contributed by atoms with Gasteiger partial charge in [-0.15, -0.1) is 0 Å². The van der Waals surface area contributed by atoms with Crippen molar-refractivity contribution in [2.45, 2.75) is 137 Å². The molecule has 0 aromatic carbocycles. The van der Waals surface area contributed by atoms with Crippen molar-refractivity contribution in [3.63, 3.8) is 0 Å². The largest absolute Gasteiger partial charge is 0.443 e. The van der Waals surface area contributed by atoms with Gasteiger partial charge in [-0.05, 0) is 109 Å². The van der Waals surface area contributed by atoms with Gasteiger partial charge in [-0.2, -0.15) is 0 Å². The first-order valence-corrected chi connectivity index (χ1v) is 20.1. The van der Waals surface area contributed by atoms with E-state index in [2.05, 4.69) is 64.0 Å². The molecule has 14 atom stereocenters. The van der Waals surface area contributed by atoms with E-state index in [9.17, 15) is 9.90 Å². The van der Waals surface area contributed by atoms with Crippen molar-refractivity contribution in [1.29, 1.82) is 0 Å². The van der Waals surface area contributed by atoms with Crippen molar-refractivity contribution < 1.29 is 28.8 Å². The zero-order chi connectivity index (χ0) is 34.7. The van der Waals surface area contributed by atoms with Crippen molar-refractivity contribution >= 4 is 6.09 Å². The lowest BCUT2D eigenvalue weighted by molar-refractivity contribution is -0.249. The molecule has 0 aromatic heterocycles. The monoisotopic (exact) mass is 686 g/mol. The van der Waals surface area contributed by atoms with E-state index >= 15 is 0 Å². The lowest BCUT2D eigenvalue weighted by Crippen LogP contribution is -2.60. The summed E-state index contributed by atoms with van der Waals surface area (Å²) in [6.07, 6.45) is 7.74. The van der Waals surface area contributed by atoms with Crippen LogP contribution in [0.2, 0.25) is 0 Å². The molecule has 0 bridgehead atoms. The van der Waals surface area contributed by atoms with Crippen LogP contribution in [0, 0.1) is 62.6 Å². The number of hydrogen-bond acceptors (Lipinski definition) is 8. The number of hydrogen-bond donors (Lipinski definition) is 3. The first kappa shape index (κ1) is 35.1. The molecule has 3 saturated heterocycles. The molecule has 3 N–H and O–H groups in total. The number of nitrogens with one attached hydrogen (secondary N) is 2. The van der Waals surface area contributed by atoms with Gasteiger partial charge in [0, 0.05) is 45.2 Å². The first-order valence-electron chi connectivity index (χ1n) is 20.1. The van der Waals surface area contributed by atoms with Gasteiger partial charge in [0.15, 0.2) is 6.29 Å². The maximum absolute atomic E-state index is 12.6. The molecule has 3 heterocycles.